The fourth-order valence-electron chi connectivity index (χ4n) is 3.78. The molecule has 6 nitrogen and oxygen atoms in total. The Morgan fingerprint density at radius 2 is 2.00 bits per heavy atom. The van der Waals surface area contributed by atoms with Crippen LogP contribution in [0.15, 0.2) is 40.9 Å². The Hall–Kier alpha value is -2.18. The summed E-state index contributed by atoms with van der Waals surface area (Å²) in [4.78, 5) is 14.9. The highest BCUT2D eigenvalue weighted by Gasteiger charge is 2.27. The van der Waals surface area contributed by atoms with Gasteiger partial charge in [-0.05, 0) is 38.3 Å². The van der Waals surface area contributed by atoms with Gasteiger partial charge in [-0.15, -0.1) is 0 Å². The van der Waals surface area contributed by atoms with Crippen LogP contribution in [-0.4, -0.2) is 54.9 Å². The number of rotatable bonds is 5. The van der Waals surface area contributed by atoms with E-state index in [0.717, 1.165) is 51.1 Å². The summed E-state index contributed by atoms with van der Waals surface area (Å²) in [5, 5.41) is 6.92. The van der Waals surface area contributed by atoms with Crippen LogP contribution in [0.4, 0.5) is 0 Å². The third-order valence-electron chi connectivity index (χ3n) is 5.42. The number of amides is 1. The largest absolute Gasteiger partial charge is 0.380 e. The maximum absolute atomic E-state index is 12.3. The first-order valence-corrected chi connectivity index (χ1v) is 9.42. The van der Waals surface area contributed by atoms with Gasteiger partial charge in [0.2, 0.25) is 0 Å². The van der Waals surface area contributed by atoms with Crippen LogP contribution in [0, 0.1) is 5.92 Å². The van der Waals surface area contributed by atoms with E-state index in [1.165, 1.54) is 0 Å². The molecule has 3 heterocycles. The van der Waals surface area contributed by atoms with E-state index in [1.54, 1.807) is 6.07 Å². The number of carbonyl (C=O) groups is 1. The monoisotopic (exact) mass is 355 g/mol. The van der Waals surface area contributed by atoms with E-state index in [9.17, 15) is 4.79 Å². The van der Waals surface area contributed by atoms with Gasteiger partial charge in [-0.3, -0.25) is 9.69 Å². The predicted octanol–water partition coefficient (Wildman–Crippen LogP) is 2.57. The third kappa shape index (κ3) is 3.97. The van der Waals surface area contributed by atoms with Crippen molar-refractivity contribution >= 4 is 5.91 Å². The molecule has 1 atom stereocenters. The molecule has 0 radical (unpaired) electrons. The van der Waals surface area contributed by atoms with Crippen molar-refractivity contribution in [2.75, 3.05) is 32.8 Å². The minimum atomic E-state index is -0.164. The molecule has 2 aromatic rings. The normalized spacial score (nSPS) is 21.8. The number of ether oxygens (including phenoxy) is 1. The molecule has 2 aliphatic rings. The average molecular weight is 355 g/mol. The molecule has 1 aromatic carbocycles. The molecular weight excluding hydrogens is 330 g/mol. The average Bonchev–Trinajstić information content (AvgIpc) is 3.39. The second-order valence-corrected chi connectivity index (χ2v) is 7.15. The van der Waals surface area contributed by atoms with Crippen molar-refractivity contribution in [1.82, 2.24) is 15.4 Å². The van der Waals surface area contributed by atoms with E-state index < -0.39 is 0 Å². The molecule has 1 N–H and O–H groups in total. The number of nitrogens with zero attached hydrogens (tertiary/aromatic N) is 2. The minimum Gasteiger partial charge on any atom is -0.380 e. The van der Waals surface area contributed by atoms with Gasteiger partial charge in [0.1, 0.15) is 0 Å². The summed E-state index contributed by atoms with van der Waals surface area (Å²) in [5.74, 6) is 0.975. The first-order valence-electron chi connectivity index (χ1n) is 9.42. The van der Waals surface area contributed by atoms with Crippen LogP contribution in [0.5, 0.6) is 0 Å². The highest BCUT2D eigenvalue weighted by atomic mass is 16.5. The van der Waals surface area contributed by atoms with Gasteiger partial charge in [-0.2, -0.15) is 0 Å². The maximum Gasteiger partial charge on any atom is 0.273 e. The van der Waals surface area contributed by atoms with E-state index in [4.69, 9.17) is 9.26 Å². The van der Waals surface area contributed by atoms with Gasteiger partial charge < -0.3 is 14.6 Å². The molecule has 2 saturated heterocycles. The molecule has 1 amide bonds. The van der Waals surface area contributed by atoms with Gasteiger partial charge in [-0.1, -0.05) is 35.5 Å². The van der Waals surface area contributed by atoms with E-state index in [-0.39, 0.29) is 5.91 Å². The van der Waals surface area contributed by atoms with Gasteiger partial charge in [-0.25, -0.2) is 0 Å². The van der Waals surface area contributed by atoms with Crippen molar-refractivity contribution in [3.63, 3.8) is 0 Å². The molecule has 138 valence electrons. The van der Waals surface area contributed by atoms with Crippen LogP contribution in [0.25, 0.3) is 11.3 Å². The summed E-state index contributed by atoms with van der Waals surface area (Å²) in [6.45, 7) is 4.65. The van der Waals surface area contributed by atoms with Crippen molar-refractivity contribution in [3.8, 4) is 11.3 Å². The third-order valence-corrected chi connectivity index (χ3v) is 5.42. The lowest BCUT2D eigenvalue weighted by molar-refractivity contribution is 0.0903. The van der Waals surface area contributed by atoms with E-state index in [1.807, 2.05) is 30.3 Å². The van der Waals surface area contributed by atoms with Crippen LogP contribution >= 0.6 is 0 Å². The number of benzene rings is 1. The van der Waals surface area contributed by atoms with Crippen LogP contribution in [0.1, 0.15) is 29.8 Å². The topological polar surface area (TPSA) is 67.6 Å². The molecule has 2 fully saturated rings. The Kier molecular flexibility index (Phi) is 5.32. The SMILES string of the molecule is O=C(NCC1CCN([C@H]2CCOC2)CC1)c1cc(-c2ccccc2)on1. The number of carbonyl (C=O) groups excluding carboxylic acids is 1. The minimum absolute atomic E-state index is 0.164. The Bertz CT molecular complexity index is 717. The van der Waals surface area contributed by atoms with Crippen molar-refractivity contribution in [1.29, 1.82) is 0 Å². The van der Waals surface area contributed by atoms with Crippen molar-refractivity contribution in [2.24, 2.45) is 5.92 Å². The zero-order chi connectivity index (χ0) is 17.8. The highest BCUT2D eigenvalue weighted by Crippen LogP contribution is 2.22. The van der Waals surface area contributed by atoms with Gasteiger partial charge in [0, 0.05) is 30.8 Å². The smallest absolute Gasteiger partial charge is 0.273 e. The summed E-state index contributed by atoms with van der Waals surface area (Å²) < 4.78 is 10.8. The molecule has 4 rings (SSSR count). The number of likely N-dealkylation sites (tertiary alicyclic amines) is 1. The first kappa shape index (κ1) is 17.2. The lowest BCUT2D eigenvalue weighted by Crippen LogP contribution is -2.44. The number of hydrogen-bond donors (Lipinski definition) is 1. The Labute approximate surface area is 153 Å². The molecular formula is C20H25N3O3. The van der Waals surface area contributed by atoms with Crippen molar-refractivity contribution in [2.45, 2.75) is 25.3 Å². The van der Waals surface area contributed by atoms with Crippen LogP contribution in [-0.2, 0) is 4.74 Å². The lowest BCUT2D eigenvalue weighted by atomic mass is 9.95. The quantitative estimate of drug-likeness (QED) is 0.893. The summed E-state index contributed by atoms with van der Waals surface area (Å²) in [6.07, 6.45) is 3.38. The first-order chi connectivity index (χ1) is 12.8. The van der Waals surface area contributed by atoms with Gasteiger partial charge in [0.05, 0.1) is 6.61 Å². The lowest BCUT2D eigenvalue weighted by Gasteiger charge is -2.35. The predicted molar refractivity (Wildman–Crippen MR) is 97.8 cm³/mol. The van der Waals surface area contributed by atoms with E-state index >= 15 is 0 Å². The number of hydrogen-bond acceptors (Lipinski definition) is 5. The van der Waals surface area contributed by atoms with Crippen molar-refractivity contribution < 1.29 is 14.1 Å². The molecule has 0 saturated carbocycles. The molecule has 0 aliphatic carbocycles. The maximum atomic E-state index is 12.3. The molecule has 6 heteroatoms. The van der Waals surface area contributed by atoms with E-state index in [0.29, 0.717) is 30.0 Å². The Morgan fingerprint density at radius 3 is 2.73 bits per heavy atom. The summed E-state index contributed by atoms with van der Waals surface area (Å²) in [5.41, 5.74) is 1.26. The zero-order valence-corrected chi connectivity index (χ0v) is 14.9. The zero-order valence-electron chi connectivity index (χ0n) is 14.9. The molecule has 1 aromatic heterocycles. The van der Waals surface area contributed by atoms with Crippen LogP contribution in [0.2, 0.25) is 0 Å². The summed E-state index contributed by atoms with van der Waals surface area (Å²) >= 11 is 0. The van der Waals surface area contributed by atoms with E-state index in [2.05, 4.69) is 15.4 Å². The summed E-state index contributed by atoms with van der Waals surface area (Å²) in [6, 6.07) is 12.0. The summed E-state index contributed by atoms with van der Waals surface area (Å²) in [7, 11) is 0. The van der Waals surface area contributed by atoms with Gasteiger partial charge in [0.25, 0.3) is 5.91 Å². The number of aromatic nitrogens is 1. The molecule has 0 bridgehead atoms. The highest BCUT2D eigenvalue weighted by molar-refractivity contribution is 5.93. The van der Waals surface area contributed by atoms with Crippen LogP contribution in [0.3, 0.4) is 0 Å². The Morgan fingerprint density at radius 1 is 1.19 bits per heavy atom. The molecule has 0 unspecified atom stereocenters. The molecule has 0 spiro atoms. The second-order valence-electron chi connectivity index (χ2n) is 7.15. The number of nitrogens with one attached hydrogen (secondary N) is 1. The molecule has 2 aliphatic heterocycles. The number of piperidine rings is 1. The van der Waals surface area contributed by atoms with Crippen LogP contribution < -0.4 is 5.32 Å². The standard InChI is InChI=1S/C20H25N3O3/c24-20(18-12-19(26-22-18)16-4-2-1-3-5-16)21-13-15-6-9-23(10-7-15)17-8-11-25-14-17/h1-5,12,15,17H,6-11,13-14H2,(H,21,24)/t17-/m0/s1. The van der Waals surface area contributed by atoms with Gasteiger partial charge >= 0.3 is 0 Å². The molecule has 26 heavy (non-hydrogen) atoms. The Balaban J connectivity index is 1.25. The fraction of sp³-hybridized carbons (Fsp3) is 0.500. The van der Waals surface area contributed by atoms with Crippen molar-refractivity contribution in [3.05, 3.63) is 42.1 Å². The fourth-order valence-corrected chi connectivity index (χ4v) is 3.78. The second kappa shape index (κ2) is 8.01. The van der Waals surface area contributed by atoms with Gasteiger partial charge in [0.15, 0.2) is 11.5 Å².